The molecule has 1 atom stereocenters. The first-order valence-corrected chi connectivity index (χ1v) is 10.0. The Kier molecular flexibility index (Phi) is 5.00. The van der Waals surface area contributed by atoms with Crippen molar-refractivity contribution >= 4 is 28.3 Å². The minimum absolute atomic E-state index is 0.0356. The number of likely N-dealkylation sites (tertiary alicyclic amines) is 1. The van der Waals surface area contributed by atoms with Crippen molar-refractivity contribution in [1.29, 1.82) is 0 Å². The van der Waals surface area contributed by atoms with Gasteiger partial charge in [0.25, 0.3) is 0 Å². The first-order chi connectivity index (χ1) is 13.5. The number of aromatic nitrogens is 1. The molecule has 144 valence electrons. The van der Waals surface area contributed by atoms with Gasteiger partial charge in [-0.15, -0.1) is 11.3 Å². The van der Waals surface area contributed by atoms with Crippen LogP contribution < -0.4 is 5.32 Å². The molecule has 0 bridgehead atoms. The highest BCUT2D eigenvalue weighted by Crippen LogP contribution is 2.28. The molecule has 1 aromatic carbocycles. The number of anilines is 1. The van der Waals surface area contributed by atoms with E-state index in [1.54, 1.807) is 17.2 Å². The topological polar surface area (TPSA) is 75.4 Å². The summed E-state index contributed by atoms with van der Waals surface area (Å²) in [6.07, 6.45) is 1.79. The largest absolute Gasteiger partial charge is 0.467 e. The lowest BCUT2D eigenvalue weighted by Gasteiger charge is -2.14. The van der Waals surface area contributed by atoms with Crippen molar-refractivity contribution in [2.24, 2.45) is 5.92 Å². The second kappa shape index (κ2) is 7.59. The lowest BCUT2D eigenvalue weighted by molar-refractivity contribution is -0.128. The van der Waals surface area contributed by atoms with Crippen molar-refractivity contribution in [3.8, 4) is 11.3 Å². The lowest BCUT2D eigenvalue weighted by Crippen LogP contribution is -2.27. The van der Waals surface area contributed by atoms with E-state index in [0.717, 1.165) is 11.3 Å². The predicted molar refractivity (Wildman–Crippen MR) is 108 cm³/mol. The first-order valence-electron chi connectivity index (χ1n) is 9.14. The van der Waals surface area contributed by atoms with E-state index in [1.165, 1.54) is 22.5 Å². The van der Waals surface area contributed by atoms with Crippen LogP contribution in [0.2, 0.25) is 0 Å². The van der Waals surface area contributed by atoms with Gasteiger partial charge in [-0.2, -0.15) is 0 Å². The molecular formula is C21H21N3O3S. The van der Waals surface area contributed by atoms with Crippen molar-refractivity contribution in [2.45, 2.75) is 26.8 Å². The highest BCUT2D eigenvalue weighted by molar-refractivity contribution is 7.14. The number of hydrogen-bond donors (Lipinski definition) is 1. The van der Waals surface area contributed by atoms with E-state index in [4.69, 9.17) is 4.42 Å². The summed E-state index contributed by atoms with van der Waals surface area (Å²) in [6, 6.07) is 9.81. The Bertz CT molecular complexity index is 1010. The third-order valence-corrected chi connectivity index (χ3v) is 5.81. The van der Waals surface area contributed by atoms with Gasteiger partial charge in [-0.3, -0.25) is 9.59 Å². The maximum Gasteiger partial charge on any atom is 0.231 e. The zero-order valence-corrected chi connectivity index (χ0v) is 16.6. The number of carbonyl (C=O) groups is 2. The smallest absolute Gasteiger partial charge is 0.231 e. The summed E-state index contributed by atoms with van der Waals surface area (Å²) in [6.45, 7) is 4.92. The van der Waals surface area contributed by atoms with E-state index in [2.05, 4.69) is 36.3 Å². The second-order valence-electron chi connectivity index (χ2n) is 7.08. The number of nitrogens with one attached hydrogen (secondary N) is 1. The Morgan fingerprint density at radius 2 is 2.18 bits per heavy atom. The third kappa shape index (κ3) is 3.84. The van der Waals surface area contributed by atoms with Crippen LogP contribution in [-0.2, 0) is 16.1 Å². The first kappa shape index (κ1) is 18.4. The fourth-order valence-electron chi connectivity index (χ4n) is 3.26. The predicted octanol–water partition coefficient (Wildman–Crippen LogP) is 4.01. The molecule has 4 rings (SSSR count). The van der Waals surface area contributed by atoms with Crippen LogP contribution in [0, 0.1) is 19.8 Å². The molecule has 0 aliphatic carbocycles. The summed E-state index contributed by atoms with van der Waals surface area (Å²) in [5, 5.41) is 5.35. The van der Waals surface area contributed by atoms with Gasteiger partial charge >= 0.3 is 0 Å². The van der Waals surface area contributed by atoms with Gasteiger partial charge in [-0.05, 0) is 43.2 Å². The van der Waals surface area contributed by atoms with Gasteiger partial charge in [0.2, 0.25) is 11.8 Å². The SMILES string of the molecule is Cc1ccc(-c2csc(NC(=O)C3CC(=O)N(Cc4ccco4)C3)n2)cc1C. The molecule has 1 unspecified atom stereocenters. The number of carbonyl (C=O) groups excluding carboxylic acids is 2. The second-order valence-corrected chi connectivity index (χ2v) is 7.94. The van der Waals surface area contributed by atoms with Gasteiger partial charge in [0, 0.05) is 23.9 Å². The van der Waals surface area contributed by atoms with Crippen LogP contribution in [0.3, 0.4) is 0 Å². The van der Waals surface area contributed by atoms with E-state index < -0.39 is 0 Å². The van der Waals surface area contributed by atoms with Crippen LogP contribution in [0.15, 0.2) is 46.4 Å². The summed E-state index contributed by atoms with van der Waals surface area (Å²) in [7, 11) is 0. The Labute approximate surface area is 167 Å². The Balaban J connectivity index is 1.39. The molecule has 2 aromatic heterocycles. The minimum Gasteiger partial charge on any atom is -0.467 e. The molecule has 1 fully saturated rings. The minimum atomic E-state index is -0.378. The number of thiazole rings is 1. The zero-order chi connectivity index (χ0) is 19.7. The number of rotatable bonds is 5. The fraction of sp³-hybridized carbons (Fsp3) is 0.286. The lowest BCUT2D eigenvalue weighted by atomic mass is 10.1. The van der Waals surface area contributed by atoms with Crippen molar-refractivity contribution in [3.63, 3.8) is 0 Å². The van der Waals surface area contributed by atoms with Crippen LogP contribution in [0.5, 0.6) is 0 Å². The Morgan fingerprint density at radius 3 is 2.93 bits per heavy atom. The molecule has 1 aliphatic heterocycles. The molecule has 1 saturated heterocycles. The molecule has 2 amide bonds. The van der Waals surface area contributed by atoms with Crippen molar-refractivity contribution < 1.29 is 14.0 Å². The summed E-state index contributed by atoms with van der Waals surface area (Å²) in [4.78, 5) is 31.0. The number of nitrogens with zero attached hydrogens (tertiary/aromatic N) is 2. The van der Waals surface area contributed by atoms with Crippen LogP contribution in [0.1, 0.15) is 23.3 Å². The van der Waals surface area contributed by atoms with E-state index in [0.29, 0.717) is 24.0 Å². The van der Waals surface area contributed by atoms with Crippen LogP contribution in [0.4, 0.5) is 5.13 Å². The molecule has 3 aromatic rings. The van der Waals surface area contributed by atoms with Gasteiger partial charge in [0.1, 0.15) is 5.76 Å². The fourth-order valence-corrected chi connectivity index (χ4v) is 3.99. The van der Waals surface area contributed by atoms with Crippen molar-refractivity contribution in [2.75, 3.05) is 11.9 Å². The van der Waals surface area contributed by atoms with Gasteiger partial charge < -0.3 is 14.6 Å². The monoisotopic (exact) mass is 395 g/mol. The quantitative estimate of drug-likeness (QED) is 0.708. The van der Waals surface area contributed by atoms with Gasteiger partial charge in [-0.25, -0.2) is 4.98 Å². The molecular weight excluding hydrogens is 374 g/mol. The number of furan rings is 1. The number of benzene rings is 1. The number of amides is 2. The van der Waals surface area contributed by atoms with Crippen LogP contribution in [0.25, 0.3) is 11.3 Å². The molecule has 0 saturated carbocycles. The van der Waals surface area contributed by atoms with Gasteiger partial charge in [0.05, 0.1) is 24.4 Å². The summed E-state index contributed by atoms with van der Waals surface area (Å²) < 4.78 is 5.29. The van der Waals surface area contributed by atoms with Gasteiger partial charge in [-0.1, -0.05) is 12.1 Å². The van der Waals surface area contributed by atoms with Gasteiger partial charge in [0.15, 0.2) is 5.13 Å². The summed E-state index contributed by atoms with van der Waals surface area (Å²) in [5.74, 6) is 0.131. The van der Waals surface area contributed by atoms with Crippen LogP contribution in [-0.4, -0.2) is 28.2 Å². The zero-order valence-electron chi connectivity index (χ0n) is 15.8. The van der Waals surface area contributed by atoms with E-state index in [-0.39, 0.29) is 24.2 Å². The maximum atomic E-state index is 12.6. The van der Waals surface area contributed by atoms with E-state index >= 15 is 0 Å². The van der Waals surface area contributed by atoms with E-state index in [9.17, 15) is 9.59 Å². The molecule has 1 N–H and O–H groups in total. The molecule has 6 nitrogen and oxygen atoms in total. The molecule has 1 aliphatic rings. The number of hydrogen-bond acceptors (Lipinski definition) is 5. The average Bonchev–Trinajstić information content (AvgIpc) is 3.40. The molecule has 0 radical (unpaired) electrons. The van der Waals surface area contributed by atoms with Crippen LogP contribution >= 0.6 is 11.3 Å². The third-order valence-electron chi connectivity index (χ3n) is 5.05. The Hall–Kier alpha value is -2.93. The summed E-state index contributed by atoms with van der Waals surface area (Å²) in [5.41, 5.74) is 4.31. The Morgan fingerprint density at radius 1 is 1.32 bits per heavy atom. The molecule has 0 spiro atoms. The normalized spacial score (nSPS) is 16.6. The van der Waals surface area contributed by atoms with Crippen molar-refractivity contribution in [1.82, 2.24) is 9.88 Å². The van der Waals surface area contributed by atoms with Crippen molar-refractivity contribution in [3.05, 3.63) is 58.9 Å². The molecule has 3 heterocycles. The average molecular weight is 395 g/mol. The highest BCUT2D eigenvalue weighted by atomic mass is 32.1. The summed E-state index contributed by atoms with van der Waals surface area (Å²) >= 11 is 1.39. The highest BCUT2D eigenvalue weighted by Gasteiger charge is 2.35. The number of aryl methyl sites for hydroxylation is 2. The molecule has 28 heavy (non-hydrogen) atoms. The molecule has 7 heteroatoms. The standard InChI is InChI=1S/C21H21N3O3S/c1-13-5-6-15(8-14(13)2)18-12-28-21(22-18)23-20(26)16-9-19(25)24(10-16)11-17-4-3-7-27-17/h3-8,12,16H,9-11H2,1-2H3,(H,22,23,26). The van der Waals surface area contributed by atoms with E-state index in [1.807, 2.05) is 17.5 Å². The maximum absolute atomic E-state index is 12.6.